The molecule has 0 aromatic heterocycles. The van der Waals surface area contributed by atoms with Crippen LogP contribution in [0.15, 0.2) is 0 Å². The Morgan fingerprint density at radius 3 is 2.25 bits per heavy atom. The minimum absolute atomic E-state index is 0.0871. The number of nitrogens with two attached hydrogens (primary N) is 1. The van der Waals surface area contributed by atoms with Crippen LogP contribution in [0.5, 0.6) is 0 Å². The summed E-state index contributed by atoms with van der Waals surface area (Å²) < 4.78 is 39.1. The van der Waals surface area contributed by atoms with Crippen molar-refractivity contribution in [1.82, 2.24) is 4.90 Å². The average molecular weight is 310 g/mol. The van der Waals surface area contributed by atoms with Crippen LogP contribution in [0.1, 0.15) is 46.0 Å². The molecule has 0 spiro atoms. The van der Waals surface area contributed by atoms with Crippen molar-refractivity contribution in [1.29, 1.82) is 0 Å². The predicted octanol–water partition coefficient (Wildman–Crippen LogP) is 3.74. The van der Waals surface area contributed by atoms with Gasteiger partial charge in [-0.1, -0.05) is 38.9 Å². The normalized spacial score (nSPS) is 18.9. The number of hydrogen-bond acceptors (Lipinski definition) is 2. The summed E-state index contributed by atoms with van der Waals surface area (Å²) >= 11 is 4.62. The van der Waals surface area contributed by atoms with Gasteiger partial charge in [-0.2, -0.15) is 13.2 Å². The molecule has 20 heavy (non-hydrogen) atoms. The summed E-state index contributed by atoms with van der Waals surface area (Å²) in [5.74, 6) is -1.21. The molecule has 0 saturated heterocycles. The average Bonchev–Trinajstić information content (AvgIpc) is 2.79. The van der Waals surface area contributed by atoms with E-state index in [4.69, 9.17) is 5.73 Å². The summed E-state index contributed by atoms with van der Waals surface area (Å²) in [5.41, 5.74) is 5.31. The first-order valence-electron chi connectivity index (χ1n) is 7.32. The molecule has 2 nitrogen and oxygen atoms in total. The maximum absolute atomic E-state index is 13.0. The molecule has 1 rings (SSSR count). The first-order valence-corrected chi connectivity index (χ1v) is 7.72. The quantitative estimate of drug-likeness (QED) is 0.726. The number of halogens is 3. The van der Waals surface area contributed by atoms with E-state index in [0.29, 0.717) is 12.5 Å². The van der Waals surface area contributed by atoms with Gasteiger partial charge in [0.1, 0.15) is 5.92 Å². The smallest absolute Gasteiger partial charge is 0.393 e. The van der Waals surface area contributed by atoms with Crippen LogP contribution < -0.4 is 5.73 Å². The van der Waals surface area contributed by atoms with Gasteiger partial charge in [-0.3, -0.25) is 4.90 Å². The first-order chi connectivity index (χ1) is 9.21. The minimum atomic E-state index is -4.35. The van der Waals surface area contributed by atoms with E-state index < -0.39 is 17.1 Å². The Balaban J connectivity index is 2.72. The SMILES string of the molecule is CC(C)CCN(CC(C(N)=S)C(F)(F)F)C1CCCC1. The molecular weight excluding hydrogens is 285 g/mol. The second kappa shape index (κ2) is 7.59. The van der Waals surface area contributed by atoms with Crippen molar-refractivity contribution >= 4 is 17.2 Å². The summed E-state index contributed by atoms with van der Waals surface area (Å²) in [4.78, 5) is 1.52. The van der Waals surface area contributed by atoms with Crippen molar-refractivity contribution in [3.05, 3.63) is 0 Å². The summed E-state index contributed by atoms with van der Waals surface area (Å²) in [5, 5.41) is 0. The van der Waals surface area contributed by atoms with E-state index in [1.54, 1.807) is 0 Å². The fraction of sp³-hybridized carbons (Fsp3) is 0.929. The molecule has 1 aliphatic carbocycles. The number of rotatable bonds is 7. The van der Waals surface area contributed by atoms with E-state index in [-0.39, 0.29) is 12.6 Å². The third kappa shape index (κ3) is 5.56. The number of nitrogens with zero attached hydrogens (tertiary/aromatic N) is 1. The molecule has 0 aromatic rings. The highest BCUT2D eigenvalue weighted by atomic mass is 32.1. The molecular formula is C14H25F3N2S. The molecule has 6 heteroatoms. The lowest BCUT2D eigenvalue weighted by Crippen LogP contribution is -2.46. The van der Waals surface area contributed by atoms with Crippen molar-refractivity contribution in [3.63, 3.8) is 0 Å². The lowest BCUT2D eigenvalue weighted by atomic mass is 10.0. The Bertz CT molecular complexity index is 312. The zero-order chi connectivity index (χ0) is 15.3. The topological polar surface area (TPSA) is 29.3 Å². The van der Waals surface area contributed by atoms with E-state index in [9.17, 15) is 13.2 Å². The molecule has 0 heterocycles. The van der Waals surface area contributed by atoms with Crippen LogP contribution in [-0.2, 0) is 0 Å². The highest BCUT2D eigenvalue weighted by Crippen LogP contribution is 2.31. The van der Waals surface area contributed by atoms with Crippen LogP contribution in [0.2, 0.25) is 0 Å². The summed E-state index contributed by atoms with van der Waals surface area (Å²) in [6.45, 7) is 4.77. The molecule has 1 saturated carbocycles. The second-order valence-electron chi connectivity index (χ2n) is 6.11. The lowest BCUT2D eigenvalue weighted by molar-refractivity contribution is -0.160. The van der Waals surface area contributed by atoms with Gasteiger partial charge < -0.3 is 5.73 Å². The van der Waals surface area contributed by atoms with E-state index in [1.165, 1.54) is 0 Å². The zero-order valence-electron chi connectivity index (χ0n) is 12.2. The molecule has 118 valence electrons. The van der Waals surface area contributed by atoms with Crippen molar-refractivity contribution < 1.29 is 13.2 Å². The van der Waals surface area contributed by atoms with Gasteiger partial charge in [0.2, 0.25) is 0 Å². The Labute approximate surface area is 124 Å². The van der Waals surface area contributed by atoms with Gasteiger partial charge in [-0.15, -0.1) is 0 Å². The van der Waals surface area contributed by atoms with Gasteiger partial charge in [-0.05, 0) is 31.7 Å². The molecule has 1 aliphatic rings. The number of hydrogen-bond donors (Lipinski definition) is 1. The maximum atomic E-state index is 13.0. The molecule has 1 unspecified atom stereocenters. The molecule has 1 atom stereocenters. The van der Waals surface area contributed by atoms with Crippen LogP contribution in [0.25, 0.3) is 0 Å². The third-order valence-electron chi connectivity index (χ3n) is 3.99. The largest absolute Gasteiger partial charge is 0.399 e. The van der Waals surface area contributed by atoms with Gasteiger partial charge in [0.15, 0.2) is 0 Å². The Kier molecular flexibility index (Phi) is 6.72. The van der Waals surface area contributed by atoms with E-state index >= 15 is 0 Å². The fourth-order valence-electron chi connectivity index (χ4n) is 2.71. The van der Waals surface area contributed by atoms with Crippen LogP contribution in [0.4, 0.5) is 13.2 Å². The molecule has 0 aromatic carbocycles. The molecule has 2 N–H and O–H groups in total. The molecule has 0 radical (unpaired) electrons. The zero-order valence-corrected chi connectivity index (χ0v) is 13.1. The highest BCUT2D eigenvalue weighted by Gasteiger charge is 2.43. The second-order valence-corrected chi connectivity index (χ2v) is 6.58. The Hall–Kier alpha value is -0.360. The van der Waals surface area contributed by atoms with Gasteiger partial charge >= 0.3 is 6.18 Å². The Morgan fingerprint density at radius 2 is 1.85 bits per heavy atom. The highest BCUT2D eigenvalue weighted by molar-refractivity contribution is 7.80. The van der Waals surface area contributed by atoms with Crippen LogP contribution in [-0.4, -0.2) is 35.2 Å². The van der Waals surface area contributed by atoms with Gasteiger partial charge in [0.25, 0.3) is 0 Å². The number of alkyl halides is 3. The van der Waals surface area contributed by atoms with Gasteiger partial charge in [0, 0.05) is 12.6 Å². The maximum Gasteiger partial charge on any atom is 0.399 e. The Morgan fingerprint density at radius 1 is 1.30 bits per heavy atom. The van der Waals surface area contributed by atoms with Gasteiger partial charge in [-0.25, -0.2) is 0 Å². The standard InChI is InChI=1S/C14H25F3N2S/c1-10(2)7-8-19(11-5-3-4-6-11)9-12(13(18)20)14(15,16)17/h10-12H,3-9H2,1-2H3,(H2,18,20). The fourth-order valence-corrected chi connectivity index (χ4v) is 2.91. The lowest BCUT2D eigenvalue weighted by Gasteiger charge is -2.33. The minimum Gasteiger partial charge on any atom is -0.393 e. The molecule has 0 bridgehead atoms. The van der Waals surface area contributed by atoms with E-state index in [0.717, 1.165) is 32.1 Å². The van der Waals surface area contributed by atoms with Gasteiger partial charge in [0.05, 0.1) is 4.99 Å². The van der Waals surface area contributed by atoms with Crippen LogP contribution in [0, 0.1) is 11.8 Å². The molecule has 0 aliphatic heterocycles. The summed E-state index contributed by atoms with van der Waals surface area (Å²) in [7, 11) is 0. The van der Waals surface area contributed by atoms with E-state index in [2.05, 4.69) is 26.1 Å². The van der Waals surface area contributed by atoms with Crippen LogP contribution >= 0.6 is 12.2 Å². The summed E-state index contributed by atoms with van der Waals surface area (Å²) in [6, 6.07) is 0.257. The molecule has 1 fully saturated rings. The van der Waals surface area contributed by atoms with Crippen molar-refractivity contribution in [2.45, 2.75) is 58.2 Å². The first kappa shape index (κ1) is 17.7. The van der Waals surface area contributed by atoms with Crippen molar-refractivity contribution in [3.8, 4) is 0 Å². The summed E-state index contributed by atoms with van der Waals surface area (Å²) in [6.07, 6.45) is 0.734. The number of thiocarbonyl (C=S) groups is 1. The van der Waals surface area contributed by atoms with Crippen molar-refractivity contribution in [2.24, 2.45) is 17.6 Å². The van der Waals surface area contributed by atoms with Crippen molar-refractivity contribution in [2.75, 3.05) is 13.1 Å². The third-order valence-corrected chi connectivity index (χ3v) is 4.27. The molecule has 0 amide bonds. The predicted molar refractivity (Wildman–Crippen MR) is 79.6 cm³/mol. The van der Waals surface area contributed by atoms with Crippen LogP contribution in [0.3, 0.4) is 0 Å². The monoisotopic (exact) mass is 310 g/mol. The van der Waals surface area contributed by atoms with E-state index in [1.807, 2.05) is 4.90 Å².